The van der Waals surface area contributed by atoms with E-state index in [1.165, 1.54) is 32.0 Å². The lowest BCUT2D eigenvalue weighted by molar-refractivity contribution is -0.137. The van der Waals surface area contributed by atoms with Crippen molar-refractivity contribution in [1.29, 1.82) is 0 Å². The smallest absolute Gasteiger partial charge is 0.417 e. The minimum Gasteiger partial charge on any atom is -0.476 e. The summed E-state index contributed by atoms with van der Waals surface area (Å²) in [5, 5.41) is 3.25. The SMILES string of the molecule is CN=C(NCCOc1ccc(C(F)(F)F)cn1)N1CCC(N2CCCC2)C1.I. The zero-order valence-electron chi connectivity index (χ0n) is 15.9. The first-order valence-corrected chi connectivity index (χ1v) is 9.33. The fourth-order valence-electron chi connectivity index (χ4n) is 3.62. The monoisotopic (exact) mass is 513 g/mol. The van der Waals surface area contributed by atoms with E-state index in [2.05, 4.69) is 25.1 Å². The number of likely N-dealkylation sites (tertiary alicyclic amines) is 2. The number of alkyl halides is 3. The maximum atomic E-state index is 12.5. The van der Waals surface area contributed by atoms with Crippen LogP contribution in [0, 0.1) is 0 Å². The summed E-state index contributed by atoms with van der Waals surface area (Å²) in [5.41, 5.74) is -0.782. The van der Waals surface area contributed by atoms with Crippen molar-refractivity contribution in [3.05, 3.63) is 23.9 Å². The largest absolute Gasteiger partial charge is 0.476 e. The highest BCUT2D eigenvalue weighted by atomic mass is 127. The molecule has 1 atom stereocenters. The van der Waals surface area contributed by atoms with Gasteiger partial charge in [-0.2, -0.15) is 13.2 Å². The van der Waals surface area contributed by atoms with Crippen molar-refractivity contribution < 1.29 is 17.9 Å². The number of guanidine groups is 1. The molecule has 0 saturated carbocycles. The summed E-state index contributed by atoms with van der Waals surface area (Å²) in [5.74, 6) is 1.01. The van der Waals surface area contributed by atoms with Crippen LogP contribution in [0.25, 0.3) is 0 Å². The van der Waals surface area contributed by atoms with Crippen LogP contribution in [0.1, 0.15) is 24.8 Å². The van der Waals surface area contributed by atoms with Crippen molar-refractivity contribution >= 4 is 29.9 Å². The molecule has 3 rings (SSSR count). The summed E-state index contributed by atoms with van der Waals surface area (Å²) in [7, 11) is 1.75. The molecule has 1 N–H and O–H groups in total. The Morgan fingerprint density at radius 2 is 2.04 bits per heavy atom. The molecule has 3 heterocycles. The number of rotatable bonds is 5. The lowest BCUT2D eigenvalue weighted by Gasteiger charge is -2.25. The van der Waals surface area contributed by atoms with E-state index in [-0.39, 0.29) is 29.9 Å². The van der Waals surface area contributed by atoms with Crippen LogP contribution in [0.4, 0.5) is 13.2 Å². The quantitative estimate of drug-likeness (QED) is 0.284. The summed E-state index contributed by atoms with van der Waals surface area (Å²) in [4.78, 5) is 12.8. The summed E-state index contributed by atoms with van der Waals surface area (Å²) >= 11 is 0. The van der Waals surface area contributed by atoms with E-state index in [1.807, 2.05) is 0 Å². The number of nitrogens with zero attached hydrogens (tertiary/aromatic N) is 4. The number of nitrogens with one attached hydrogen (secondary N) is 1. The zero-order chi connectivity index (χ0) is 19.3. The number of ether oxygens (including phenoxy) is 1. The molecular weight excluding hydrogens is 486 g/mol. The van der Waals surface area contributed by atoms with Gasteiger partial charge in [0, 0.05) is 38.4 Å². The third kappa shape index (κ3) is 6.10. The molecule has 2 fully saturated rings. The molecule has 0 aromatic carbocycles. The first-order chi connectivity index (χ1) is 13.0. The first kappa shape index (κ1) is 23.0. The highest BCUT2D eigenvalue weighted by molar-refractivity contribution is 14.0. The van der Waals surface area contributed by atoms with E-state index >= 15 is 0 Å². The topological polar surface area (TPSA) is 53.0 Å². The van der Waals surface area contributed by atoms with Crippen LogP contribution >= 0.6 is 24.0 Å². The Morgan fingerprint density at radius 1 is 1.29 bits per heavy atom. The third-order valence-electron chi connectivity index (χ3n) is 5.03. The van der Waals surface area contributed by atoms with Crippen molar-refractivity contribution in [1.82, 2.24) is 20.1 Å². The molecule has 10 heteroatoms. The van der Waals surface area contributed by atoms with Crippen LogP contribution in [-0.2, 0) is 6.18 Å². The fraction of sp³-hybridized carbons (Fsp3) is 0.667. The maximum absolute atomic E-state index is 12.5. The predicted octanol–water partition coefficient (Wildman–Crippen LogP) is 2.84. The standard InChI is InChI=1S/C18H26F3N5O.HI/c1-22-17(26-10-6-15(13-26)25-8-2-3-9-25)23-7-11-27-16-5-4-14(12-24-16)18(19,20)21;/h4-5,12,15H,2-3,6-11,13H2,1H3,(H,22,23);1H. The average Bonchev–Trinajstić information content (AvgIpc) is 3.33. The number of halogens is 4. The van der Waals surface area contributed by atoms with E-state index in [1.54, 1.807) is 7.05 Å². The highest BCUT2D eigenvalue weighted by Gasteiger charge is 2.31. The molecule has 0 aliphatic carbocycles. The first-order valence-electron chi connectivity index (χ1n) is 9.33. The number of aromatic nitrogens is 1. The Morgan fingerprint density at radius 3 is 2.64 bits per heavy atom. The molecule has 1 unspecified atom stereocenters. The summed E-state index contributed by atoms with van der Waals surface area (Å²) in [6.45, 7) is 5.13. The van der Waals surface area contributed by atoms with E-state index < -0.39 is 11.7 Å². The van der Waals surface area contributed by atoms with Gasteiger partial charge < -0.3 is 15.0 Å². The molecule has 0 amide bonds. The van der Waals surface area contributed by atoms with Crippen LogP contribution in [0.3, 0.4) is 0 Å². The fourth-order valence-corrected chi connectivity index (χ4v) is 3.62. The zero-order valence-corrected chi connectivity index (χ0v) is 18.2. The molecule has 0 spiro atoms. The van der Waals surface area contributed by atoms with Gasteiger partial charge in [0.2, 0.25) is 5.88 Å². The van der Waals surface area contributed by atoms with Crippen LogP contribution in [0.5, 0.6) is 5.88 Å². The molecule has 28 heavy (non-hydrogen) atoms. The predicted molar refractivity (Wildman–Crippen MR) is 112 cm³/mol. The molecule has 6 nitrogen and oxygen atoms in total. The van der Waals surface area contributed by atoms with Gasteiger partial charge in [0.25, 0.3) is 0 Å². The Kier molecular flexibility index (Phi) is 8.59. The maximum Gasteiger partial charge on any atom is 0.417 e. The van der Waals surface area contributed by atoms with Crippen LogP contribution in [0.15, 0.2) is 23.3 Å². The highest BCUT2D eigenvalue weighted by Crippen LogP contribution is 2.29. The lowest BCUT2D eigenvalue weighted by atomic mass is 10.2. The van der Waals surface area contributed by atoms with E-state index in [4.69, 9.17) is 4.74 Å². The molecule has 0 radical (unpaired) electrons. The van der Waals surface area contributed by atoms with Gasteiger partial charge in [-0.3, -0.25) is 9.89 Å². The number of aliphatic imine (C=N–C) groups is 1. The molecule has 1 aromatic heterocycles. The average molecular weight is 513 g/mol. The second-order valence-corrected chi connectivity index (χ2v) is 6.84. The van der Waals surface area contributed by atoms with E-state index in [0.29, 0.717) is 19.2 Å². The van der Waals surface area contributed by atoms with E-state index in [0.717, 1.165) is 37.7 Å². The van der Waals surface area contributed by atoms with Crippen LogP contribution in [-0.4, -0.2) is 73.2 Å². The molecular formula is C18H27F3IN5O. The molecule has 2 saturated heterocycles. The van der Waals surface area contributed by atoms with Crippen molar-refractivity contribution in [3.63, 3.8) is 0 Å². The van der Waals surface area contributed by atoms with Gasteiger partial charge in [-0.25, -0.2) is 4.98 Å². The van der Waals surface area contributed by atoms with Gasteiger partial charge in [0.15, 0.2) is 5.96 Å². The van der Waals surface area contributed by atoms with Gasteiger partial charge in [-0.15, -0.1) is 24.0 Å². The molecule has 1 aromatic rings. The lowest BCUT2D eigenvalue weighted by Crippen LogP contribution is -2.43. The van der Waals surface area contributed by atoms with Crippen molar-refractivity contribution in [3.8, 4) is 5.88 Å². The number of hydrogen-bond acceptors (Lipinski definition) is 4. The van der Waals surface area contributed by atoms with Gasteiger partial charge in [-0.1, -0.05) is 0 Å². The summed E-state index contributed by atoms with van der Waals surface area (Å²) < 4.78 is 43.0. The van der Waals surface area contributed by atoms with Crippen LogP contribution in [0.2, 0.25) is 0 Å². The minimum atomic E-state index is -4.39. The van der Waals surface area contributed by atoms with Crippen molar-refractivity contribution in [2.45, 2.75) is 31.5 Å². The van der Waals surface area contributed by atoms with Crippen molar-refractivity contribution in [2.24, 2.45) is 4.99 Å². The van der Waals surface area contributed by atoms with Gasteiger partial charge in [0.05, 0.1) is 12.1 Å². The van der Waals surface area contributed by atoms with Gasteiger partial charge in [0.1, 0.15) is 6.61 Å². The second-order valence-electron chi connectivity index (χ2n) is 6.84. The van der Waals surface area contributed by atoms with Crippen LogP contribution < -0.4 is 10.1 Å². The Balaban J connectivity index is 0.00000280. The van der Waals surface area contributed by atoms with Gasteiger partial charge >= 0.3 is 6.18 Å². The summed E-state index contributed by atoms with van der Waals surface area (Å²) in [6.07, 6.45) is 0.122. The Labute approximate surface area is 180 Å². The Bertz CT molecular complexity index is 635. The molecule has 2 aliphatic rings. The third-order valence-corrected chi connectivity index (χ3v) is 5.03. The molecule has 158 valence electrons. The number of pyridine rings is 1. The summed E-state index contributed by atoms with van der Waals surface area (Å²) in [6, 6.07) is 2.80. The second kappa shape index (κ2) is 10.5. The number of hydrogen-bond donors (Lipinski definition) is 1. The normalized spacial score (nSPS) is 20.9. The van der Waals surface area contributed by atoms with Gasteiger partial charge in [-0.05, 0) is 38.4 Å². The van der Waals surface area contributed by atoms with Crippen molar-refractivity contribution in [2.75, 3.05) is 46.4 Å². The molecule has 2 aliphatic heterocycles. The Hall–Kier alpha value is -1.30. The molecule has 0 bridgehead atoms. The van der Waals surface area contributed by atoms with E-state index in [9.17, 15) is 13.2 Å². The minimum absolute atomic E-state index is 0.